The average Bonchev–Trinajstić information content (AvgIpc) is 3.16. The third-order valence-corrected chi connectivity index (χ3v) is 6.29. The fourth-order valence-corrected chi connectivity index (χ4v) is 4.60. The van der Waals surface area contributed by atoms with Crippen molar-refractivity contribution in [1.29, 1.82) is 0 Å². The molecule has 3 amide bonds. The quantitative estimate of drug-likeness (QED) is 0.679. The third kappa shape index (κ3) is 2.80. The number of carbonyl (C=O) groups excluding carboxylic acids is 3. The van der Waals surface area contributed by atoms with E-state index < -0.39 is 0 Å². The van der Waals surface area contributed by atoms with E-state index in [9.17, 15) is 14.4 Å². The van der Waals surface area contributed by atoms with Crippen LogP contribution in [-0.4, -0.2) is 40.8 Å². The van der Waals surface area contributed by atoms with Crippen LogP contribution in [0.5, 0.6) is 0 Å². The largest absolute Gasteiger partial charge is 0.352 e. The summed E-state index contributed by atoms with van der Waals surface area (Å²) in [4.78, 5) is 50.4. The Labute approximate surface area is 183 Å². The number of carbonyl (C=O) groups is 3. The van der Waals surface area contributed by atoms with E-state index >= 15 is 0 Å². The highest BCUT2D eigenvalue weighted by Crippen LogP contribution is 2.30. The Bertz CT molecular complexity index is 1320. The van der Waals surface area contributed by atoms with Crippen molar-refractivity contribution < 1.29 is 14.4 Å². The lowest BCUT2D eigenvalue weighted by atomic mass is 9.98. The molecule has 6 rings (SSSR count). The number of nitrogens with one attached hydrogen (secondary N) is 1. The Morgan fingerprint density at radius 1 is 0.844 bits per heavy atom. The van der Waals surface area contributed by atoms with Crippen LogP contribution in [0.3, 0.4) is 0 Å². The van der Waals surface area contributed by atoms with Crippen molar-refractivity contribution in [3.8, 4) is 0 Å². The number of benzene rings is 1. The number of fused-ring (bicyclic) bond motifs is 3. The van der Waals surface area contributed by atoms with Crippen LogP contribution in [0.25, 0.3) is 0 Å². The molecule has 8 heteroatoms. The predicted octanol–water partition coefficient (Wildman–Crippen LogP) is 2.13. The van der Waals surface area contributed by atoms with Crippen LogP contribution in [-0.2, 0) is 19.4 Å². The Morgan fingerprint density at radius 3 is 2.56 bits per heavy atom. The zero-order valence-electron chi connectivity index (χ0n) is 17.2. The lowest BCUT2D eigenvalue weighted by Gasteiger charge is -2.29. The molecule has 5 heterocycles. The van der Waals surface area contributed by atoms with Gasteiger partial charge in [-0.25, -0.2) is 4.98 Å². The van der Waals surface area contributed by atoms with Crippen LogP contribution in [0.15, 0.2) is 48.7 Å². The van der Waals surface area contributed by atoms with Crippen molar-refractivity contribution in [2.75, 3.05) is 22.9 Å². The lowest BCUT2D eigenvalue weighted by molar-refractivity contribution is 0.0942. The fraction of sp³-hybridized carbons (Fsp3) is 0.208. The second-order valence-electron chi connectivity index (χ2n) is 8.13. The highest BCUT2D eigenvalue weighted by Gasteiger charge is 2.33. The van der Waals surface area contributed by atoms with Gasteiger partial charge in [0.05, 0.1) is 6.54 Å². The van der Waals surface area contributed by atoms with Crippen molar-refractivity contribution >= 4 is 29.2 Å². The number of rotatable bonds is 2. The van der Waals surface area contributed by atoms with Gasteiger partial charge in [-0.1, -0.05) is 18.2 Å². The second-order valence-corrected chi connectivity index (χ2v) is 8.13. The Balaban J connectivity index is 1.33. The van der Waals surface area contributed by atoms with E-state index in [-0.39, 0.29) is 17.7 Å². The normalized spacial score (nSPS) is 17.1. The molecule has 2 aromatic heterocycles. The summed E-state index contributed by atoms with van der Waals surface area (Å²) in [6, 6.07) is 12.9. The highest BCUT2D eigenvalue weighted by molar-refractivity contribution is 6.10. The van der Waals surface area contributed by atoms with Crippen LogP contribution >= 0.6 is 0 Å². The van der Waals surface area contributed by atoms with Gasteiger partial charge in [-0.15, -0.1) is 0 Å². The highest BCUT2D eigenvalue weighted by atomic mass is 16.2. The van der Waals surface area contributed by atoms with Crippen LogP contribution in [0.2, 0.25) is 0 Å². The molecule has 3 aliphatic heterocycles. The van der Waals surface area contributed by atoms with E-state index in [1.54, 1.807) is 34.2 Å². The molecule has 0 saturated carbocycles. The molecule has 1 N–H and O–H groups in total. The molecule has 8 nitrogen and oxygen atoms in total. The minimum Gasteiger partial charge on any atom is -0.352 e. The maximum Gasteiger partial charge on any atom is 0.278 e. The first-order valence-corrected chi connectivity index (χ1v) is 10.6. The van der Waals surface area contributed by atoms with Gasteiger partial charge in [0.1, 0.15) is 17.2 Å². The van der Waals surface area contributed by atoms with Gasteiger partial charge in [0.2, 0.25) is 0 Å². The molecular weight excluding hydrogens is 406 g/mol. The Morgan fingerprint density at radius 2 is 1.69 bits per heavy atom. The first kappa shape index (κ1) is 18.7. The predicted molar refractivity (Wildman–Crippen MR) is 117 cm³/mol. The third-order valence-electron chi connectivity index (χ3n) is 6.29. The van der Waals surface area contributed by atoms with E-state index in [1.165, 1.54) is 0 Å². The summed E-state index contributed by atoms with van der Waals surface area (Å²) in [6.07, 6.45) is 3.03. The van der Waals surface area contributed by atoms with Crippen molar-refractivity contribution in [2.45, 2.75) is 19.4 Å². The molecule has 0 bridgehead atoms. The van der Waals surface area contributed by atoms with Crippen molar-refractivity contribution in [1.82, 2.24) is 15.3 Å². The van der Waals surface area contributed by atoms with Crippen molar-refractivity contribution in [3.63, 3.8) is 0 Å². The second kappa shape index (κ2) is 6.98. The van der Waals surface area contributed by atoms with E-state index in [1.807, 2.05) is 24.3 Å². The van der Waals surface area contributed by atoms with Gasteiger partial charge < -0.3 is 10.2 Å². The van der Waals surface area contributed by atoms with Gasteiger partial charge in [-0.05, 0) is 48.2 Å². The molecule has 0 atom stereocenters. The molecule has 0 radical (unpaired) electrons. The fourth-order valence-electron chi connectivity index (χ4n) is 4.60. The number of amides is 3. The van der Waals surface area contributed by atoms with Crippen LogP contribution in [0, 0.1) is 0 Å². The number of nitrogens with zero attached hydrogens (tertiary/aromatic N) is 4. The summed E-state index contributed by atoms with van der Waals surface area (Å²) in [5, 5.41) is 2.85. The van der Waals surface area contributed by atoms with E-state index in [4.69, 9.17) is 0 Å². The molecule has 3 aromatic rings. The Kier molecular flexibility index (Phi) is 4.07. The molecular formula is C24H19N5O3. The van der Waals surface area contributed by atoms with Gasteiger partial charge in [0.15, 0.2) is 0 Å². The summed E-state index contributed by atoms with van der Waals surface area (Å²) in [7, 11) is 0. The molecule has 0 fully saturated rings. The van der Waals surface area contributed by atoms with Crippen LogP contribution in [0.4, 0.5) is 11.5 Å². The molecule has 1 aromatic carbocycles. The van der Waals surface area contributed by atoms with Gasteiger partial charge >= 0.3 is 0 Å². The van der Waals surface area contributed by atoms with Crippen molar-refractivity contribution in [2.24, 2.45) is 0 Å². The molecule has 0 unspecified atom stereocenters. The number of hydrogen-bond donors (Lipinski definition) is 1. The van der Waals surface area contributed by atoms with Crippen LogP contribution < -0.4 is 15.1 Å². The molecule has 3 aliphatic rings. The standard InChI is InChI=1S/C24H19N5O3/c30-22-18-12-17(5-3-14(18)7-10-26-22)28-11-8-15-4-6-19(27-21(15)24(28)32)29-13-16-2-1-9-25-20(16)23(29)31/h1-6,9,12H,7-8,10-11,13H2,(H,26,30). The topological polar surface area (TPSA) is 95.5 Å². The number of aromatic nitrogens is 2. The molecule has 158 valence electrons. The van der Waals surface area contributed by atoms with Gasteiger partial charge in [0, 0.05) is 36.1 Å². The van der Waals surface area contributed by atoms with Gasteiger partial charge in [0.25, 0.3) is 17.7 Å². The number of pyridine rings is 2. The number of hydrogen-bond acceptors (Lipinski definition) is 5. The first-order valence-electron chi connectivity index (χ1n) is 10.6. The minimum atomic E-state index is -0.230. The van der Waals surface area contributed by atoms with E-state index in [0.29, 0.717) is 54.5 Å². The summed E-state index contributed by atoms with van der Waals surface area (Å²) in [5.41, 5.74) is 4.74. The SMILES string of the molecule is O=C1NCCc2ccc(N3CCc4ccc(N5Cc6cccnc6C5=O)nc4C3=O)cc21. The van der Waals surface area contributed by atoms with E-state index in [2.05, 4.69) is 15.3 Å². The smallest absolute Gasteiger partial charge is 0.278 e. The Hall–Kier alpha value is -4.07. The molecule has 0 aliphatic carbocycles. The molecule has 0 saturated heterocycles. The zero-order valence-corrected chi connectivity index (χ0v) is 17.2. The average molecular weight is 425 g/mol. The van der Waals surface area contributed by atoms with Crippen molar-refractivity contribution in [3.05, 3.63) is 82.3 Å². The summed E-state index contributed by atoms with van der Waals surface area (Å²) < 4.78 is 0. The van der Waals surface area contributed by atoms with E-state index in [0.717, 1.165) is 23.1 Å². The molecule has 32 heavy (non-hydrogen) atoms. The lowest BCUT2D eigenvalue weighted by Crippen LogP contribution is -2.39. The number of anilines is 2. The monoisotopic (exact) mass is 425 g/mol. The maximum absolute atomic E-state index is 13.4. The van der Waals surface area contributed by atoms with Gasteiger partial charge in [-0.2, -0.15) is 0 Å². The molecule has 0 spiro atoms. The maximum atomic E-state index is 13.4. The van der Waals surface area contributed by atoms with Crippen LogP contribution in [0.1, 0.15) is 48.0 Å². The first-order chi connectivity index (χ1) is 15.6. The summed E-state index contributed by atoms with van der Waals surface area (Å²) >= 11 is 0. The minimum absolute atomic E-state index is 0.112. The summed E-state index contributed by atoms with van der Waals surface area (Å²) in [6.45, 7) is 1.51. The summed E-state index contributed by atoms with van der Waals surface area (Å²) in [5.74, 6) is -0.119. The zero-order chi connectivity index (χ0) is 21.8. The van der Waals surface area contributed by atoms with Gasteiger partial charge in [-0.3, -0.25) is 24.3 Å².